The molecule has 1 N–H and O–H groups in total. The van der Waals surface area contributed by atoms with E-state index in [2.05, 4.69) is 47.9 Å². The standard InChI is InChI=1S/C33H42N2O2/c1-4-17-33(34(3)37)18-16-30-28-14-10-24-21-26(36)13-15-27(24)31(28)29(22-32(30,33)2)23-8-11-25(12-9-23)35-19-6-5-7-20-35/h8-9,11-12,21,28-30,37H,5-7,10,13-16,18-20,22H2,1-3H3/t28-,29?,30-,32-,33?/m0/s1. The summed E-state index contributed by atoms with van der Waals surface area (Å²) in [5.41, 5.74) is 6.49. The minimum Gasteiger partial charge on any atom is -0.372 e. The summed E-state index contributed by atoms with van der Waals surface area (Å²) < 4.78 is 0. The number of hydrogen-bond acceptors (Lipinski definition) is 4. The topological polar surface area (TPSA) is 43.8 Å². The lowest BCUT2D eigenvalue weighted by Gasteiger charge is -2.56. The number of hydrogen-bond donors (Lipinski definition) is 1. The number of piperidine rings is 1. The molecule has 196 valence electrons. The van der Waals surface area contributed by atoms with Crippen molar-refractivity contribution in [2.75, 3.05) is 25.0 Å². The summed E-state index contributed by atoms with van der Waals surface area (Å²) in [5, 5.41) is 12.5. The molecule has 0 aromatic heterocycles. The first-order valence-electron chi connectivity index (χ1n) is 14.6. The molecular formula is C33H42N2O2. The Morgan fingerprint density at radius 1 is 1.05 bits per heavy atom. The van der Waals surface area contributed by atoms with Crippen molar-refractivity contribution in [2.24, 2.45) is 17.3 Å². The molecule has 0 amide bonds. The zero-order valence-corrected chi connectivity index (χ0v) is 22.9. The first-order chi connectivity index (χ1) is 17.9. The number of allylic oxidation sites excluding steroid dienone is 4. The number of ketones is 1. The molecule has 5 aliphatic rings. The molecule has 6 rings (SSSR count). The highest BCUT2D eigenvalue weighted by molar-refractivity contribution is 5.93. The normalized spacial score (nSPS) is 35.4. The summed E-state index contributed by atoms with van der Waals surface area (Å²) in [7, 11) is 1.81. The van der Waals surface area contributed by atoms with E-state index in [0.29, 0.717) is 30.0 Å². The van der Waals surface area contributed by atoms with Gasteiger partial charge in [0.15, 0.2) is 5.78 Å². The Bertz CT molecular complexity index is 1190. The maximum Gasteiger partial charge on any atom is 0.156 e. The summed E-state index contributed by atoms with van der Waals surface area (Å²) in [5.74, 6) is 8.30. The first-order valence-corrected chi connectivity index (χ1v) is 14.6. The van der Waals surface area contributed by atoms with E-state index in [1.807, 2.05) is 20.0 Å². The van der Waals surface area contributed by atoms with Gasteiger partial charge in [-0.2, -0.15) is 5.06 Å². The van der Waals surface area contributed by atoms with Crippen LogP contribution in [0.2, 0.25) is 0 Å². The molecule has 5 atom stereocenters. The predicted octanol–water partition coefficient (Wildman–Crippen LogP) is 6.66. The Morgan fingerprint density at radius 3 is 2.51 bits per heavy atom. The summed E-state index contributed by atoms with van der Waals surface area (Å²) in [6.45, 7) is 6.63. The van der Waals surface area contributed by atoms with Crippen molar-refractivity contribution in [1.82, 2.24) is 5.06 Å². The van der Waals surface area contributed by atoms with Gasteiger partial charge in [0.05, 0.1) is 0 Å². The lowest BCUT2D eigenvalue weighted by atomic mass is 9.50. The number of carbonyl (C=O) groups is 1. The molecule has 2 unspecified atom stereocenters. The maximum absolute atomic E-state index is 12.3. The van der Waals surface area contributed by atoms with Crippen LogP contribution in [0.3, 0.4) is 0 Å². The van der Waals surface area contributed by atoms with Gasteiger partial charge in [0.1, 0.15) is 5.54 Å². The van der Waals surface area contributed by atoms with Crippen LogP contribution in [0.4, 0.5) is 5.69 Å². The molecule has 4 aliphatic carbocycles. The Balaban J connectivity index is 1.46. The van der Waals surface area contributed by atoms with Crippen molar-refractivity contribution in [3.8, 4) is 11.8 Å². The molecule has 1 aromatic rings. The van der Waals surface area contributed by atoms with Crippen molar-refractivity contribution in [3.63, 3.8) is 0 Å². The molecule has 0 bridgehead atoms. The second-order valence-corrected chi connectivity index (χ2v) is 12.4. The summed E-state index contributed by atoms with van der Waals surface area (Å²) >= 11 is 0. The monoisotopic (exact) mass is 498 g/mol. The van der Waals surface area contributed by atoms with Crippen molar-refractivity contribution in [3.05, 3.63) is 52.6 Å². The number of fused-ring (bicyclic) bond motifs is 4. The first kappa shape index (κ1) is 25.0. The van der Waals surface area contributed by atoms with E-state index >= 15 is 0 Å². The van der Waals surface area contributed by atoms with Crippen LogP contribution in [0.15, 0.2) is 47.1 Å². The highest BCUT2D eigenvalue weighted by Crippen LogP contribution is 2.67. The summed E-state index contributed by atoms with van der Waals surface area (Å²) in [4.78, 5) is 14.9. The third kappa shape index (κ3) is 3.84. The molecule has 1 heterocycles. The minimum absolute atomic E-state index is 0.115. The molecule has 1 aromatic carbocycles. The van der Waals surface area contributed by atoms with Gasteiger partial charge in [0.25, 0.3) is 0 Å². The molecule has 4 nitrogen and oxygen atoms in total. The molecule has 1 aliphatic heterocycles. The Labute approximate surface area is 222 Å². The van der Waals surface area contributed by atoms with Gasteiger partial charge < -0.3 is 10.1 Å². The van der Waals surface area contributed by atoms with Crippen LogP contribution in [0, 0.1) is 29.1 Å². The van der Waals surface area contributed by atoms with Gasteiger partial charge in [0, 0.05) is 43.6 Å². The van der Waals surface area contributed by atoms with E-state index < -0.39 is 5.54 Å². The van der Waals surface area contributed by atoms with Crippen molar-refractivity contribution >= 4 is 11.5 Å². The third-order valence-electron chi connectivity index (χ3n) is 10.8. The van der Waals surface area contributed by atoms with Crippen molar-refractivity contribution < 1.29 is 10.0 Å². The molecule has 37 heavy (non-hydrogen) atoms. The average Bonchev–Trinajstić information content (AvgIpc) is 3.21. The second kappa shape index (κ2) is 9.44. The Kier molecular flexibility index (Phi) is 6.37. The molecular weight excluding hydrogens is 456 g/mol. The molecule has 3 fully saturated rings. The van der Waals surface area contributed by atoms with Crippen LogP contribution in [0.25, 0.3) is 0 Å². The molecule has 2 saturated carbocycles. The predicted molar refractivity (Wildman–Crippen MR) is 148 cm³/mol. The highest BCUT2D eigenvalue weighted by Gasteiger charge is 2.64. The van der Waals surface area contributed by atoms with E-state index in [1.54, 1.807) is 5.57 Å². The zero-order chi connectivity index (χ0) is 25.8. The fraction of sp³-hybridized carbons (Fsp3) is 0.606. The van der Waals surface area contributed by atoms with Crippen molar-refractivity contribution in [1.29, 1.82) is 0 Å². The lowest BCUT2D eigenvalue weighted by Crippen LogP contribution is -2.57. The van der Waals surface area contributed by atoms with E-state index in [1.165, 1.54) is 46.7 Å². The number of rotatable bonds is 3. The SMILES string of the molecule is CC#CC1(N(C)O)CC[C@H]2[C@@H]3CCC4=CC(=O)CCC4=C3C(c3ccc(N4CCCCC4)cc3)C[C@@]21C. The van der Waals surface area contributed by atoms with Crippen LogP contribution in [0.5, 0.6) is 0 Å². The van der Waals surface area contributed by atoms with E-state index in [0.717, 1.165) is 51.6 Å². The second-order valence-electron chi connectivity index (χ2n) is 12.4. The van der Waals surface area contributed by atoms with Gasteiger partial charge in [-0.3, -0.25) is 4.79 Å². The van der Waals surface area contributed by atoms with E-state index in [4.69, 9.17) is 0 Å². The number of anilines is 1. The summed E-state index contributed by atoms with van der Waals surface area (Å²) in [6, 6.07) is 9.43. The van der Waals surface area contributed by atoms with Gasteiger partial charge in [-0.05, 0) is 111 Å². The third-order valence-corrected chi connectivity index (χ3v) is 10.8. The Morgan fingerprint density at radius 2 is 1.81 bits per heavy atom. The van der Waals surface area contributed by atoms with Crippen LogP contribution in [-0.2, 0) is 4.79 Å². The van der Waals surface area contributed by atoms with Gasteiger partial charge >= 0.3 is 0 Å². The smallest absolute Gasteiger partial charge is 0.156 e. The fourth-order valence-electron chi connectivity index (χ4n) is 9.06. The van der Waals surface area contributed by atoms with Crippen LogP contribution < -0.4 is 4.90 Å². The van der Waals surface area contributed by atoms with Crippen LogP contribution in [0.1, 0.15) is 89.5 Å². The van der Waals surface area contributed by atoms with E-state index in [9.17, 15) is 10.0 Å². The molecule has 0 radical (unpaired) electrons. The average molecular weight is 499 g/mol. The minimum atomic E-state index is -0.521. The lowest BCUT2D eigenvalue weighted by molar-refractivity contribution is -0.174. The van der Waals surface area contributed by atoms with Gasteiger partial charge in [-0.1, -0.05) is 30.6 Å². The van der Waals surface area contributed by atoms with Crippen LogP contribution in [-0.4, -0.2) is 41.7 Å². The maximum atomic E-state index is 12.3. The molecule has 1 saturated heterocycles. The fourth-order valence-corrected chi connectivity index (χ4v) is 9.06. The molecule has 0 spiro atoms. The molecule has 4 heteroatoms. The zero-order valence-electron chi connectivity index (χ0n) is 22.9. The number of carbonyl (C=O) groups excluding carboxylic acids is 1. The van der Waals surface area contributed by atoms with Gasteiger partial charge in [-0.25, -0.2) is 0 Å². The number of benzene rings is 1. The largest absolute Gasteiger partial charge is 0.372 e. The quantitative estimate of drug-likeness (QED) is 0.374. The van der Waals surface area contributed by atoms with Crippen molar-refractivity contribution in [2.45, 2.75) is 89.5 Å². The highest BCUT2D eigenvalue weighted by atomic mass is 16.5. The van der Waals surface area contributed by atoms with E-state index in [-0.39, 0.29) is 5.41 Å². The number of hydroxylamine groups is 2. The van der Waals surface area contributed by atoms with Crippen LogP contribution >= 0.6 is 0 Å². The van der Waals surface area contributed by atoms with Gasteiger partial charge in [-0.15, -0.1) is 5.92 Å². The Hall–Kier alpha value is -2.35. The van der Waals surface area contributed by atoms with Gasteiger partial charge in [0.2, 0.25) is 0 Å². The number of nitrogens with zero attached hydrogens (tertiary/aromatic N) is 2. The summed E-state index contributed by atoms with van der Waals surface area (Å²) in [6.07, 6.45) is 12.5.